The van der Waals surface area contributed by atoms with Crippen molar-refractivity contribution in [2.75, 3.05) is 17.6 Å². The summed E-state index contributed by atoms with van der Waals surface area (Å²) in [6.45, 7) is 6.36. The van der Waals surface area contributed by atoms with Crippen LogP contribution in [0.15, 0.2) is 46.5 Å². The van der Waals surface area contributed by atoms with Crippen molar-refractivity contribution in [2.45, 2.75) is 26.7 Å². The molecule has 0 radical (unpaired) electrons. The smallest absolute Gasteiger partial charge is 0.259 e. The zero-order valence-electron chi connectivity index (χ0n) is 14.5. The molecule has 0 bridgehead atoms. The van der Waals surface area contributed by atoms with Gasteiger partial charge in [-0.25, -0.2) is 8.42 Å². The molecule has 0 saturated carbocycles. The molecule has 0 atom stereocenters. The summed E-state index contributed by atoms with van der Waals surface area (Å²) in [6, 6.07) is 5.88. The Bertz CT molecular complexity index is 911. The van der Waals surface area contributed by atoms with Gasteiger partial charge in [-0.3, -0.25) is 4.79 Å². The minimum Gasteiger partial charge on any atom is -0.331 e. The number of nitrogens with one attached hydrogen (secondary N) is 1. The van der Waals surface area contributed by atoms with Gasteiger partial charge in [0.25, 0.3) is 15.9 Å². The van der Waals surface area contributed by atoms with E-state index in [1.54, 1.807) is 23.3 Å². The summed E-state index contributed by atoms with van der Waals surface area (Å²) in [6.07, 6.45) is 5.06. The maximum atomic E-state index is 12.8. The second-order valence-corrected chi connectivity index (χ2v) is 8.22. The number of rotatable bonds is 3. The van der Waals surface area contributed by atoms with Crippen LogP contribution in [0.25, 0.3) is 0 Å². The molecular formula is C18H21N3O3S. The summed E-state index contributed by atoms with van der Waals surface area (Å²) >= 11 is 0. The van der Waals surface area contributed by atoms with Crippen molar-refractivity contribution in [1.82, 2.24) is 4.90 Å². The number of hydrogen-bond acceptors (Lipinski definition) is 4. The number of benzene rings is 1. The van der Waals surface area contributed by atoms with Crippen LogP contribution in [-0.4, -0.2) is 37.4 Å². The molecule has 0 spiro atoms. The van der Waals surface area contributed by atoms with E-state index in [2.05, 4.69) is 23.6 Å². The molecule has 2 aliphatic heterocycles. The Hall–Kier alpha value is -2.41. The number of allylic oxidation sites excluding steroid dienone is 2. The lowest BCUT2D eigenvalue weighted by Gasteiger charge is -2.29. The van der Waals surface area contributed by atoms with E-state index in [0.29, 0.717) is 6.54 Å². The van der Waals surface area contributed by atoms with Gasteiger partial charge in [-0.05, 0) is 36.1 Å². The number of fused-ring (bicyclic) bond motifs is 1. The number of amidine groups is 1. The highest BCUT2D eigenvalue weighted by atomic mass is 32.2. The first-order valence-corrected chi connectivity index (χ1v) is 9.78. The molecular weight excluding hydrogens is 338 g/mol. The molecule has 2 heterocycles. The van der Waals surface area contributed by atoms with Crippen LogP contribution in [0.2, 0.25) is 0 Å². The number of nitrogens with zero attached hydrogens (tertiary/aromatic N) is 2. The second kappa shape index (κ2) is 6.48. The fourth-order valence-corrected chi connectivity index (χ4v) is 3.90. The van der Waals surface area contributed by atoms with Crippen LogP contribution < -0.4 is 5.32 Å². The summed E-state index contributed by atoms with van der Waals surface area (Å²) in [5.74, 6) is 0.0250. The van der Waals surface area contributed by atoms with Gasteiger partial charge in [0.1, 0.15) is 0 Å². The molecule has 0 saturated heterocycles. The molecule has 25 heavy (non-hydrogen) atoms. The van der Waals surface area contributed by atoms with E-state index in [4.69, 9.17) is 0 Å². The molecule has 3 rings (SSSR count). The largest absolute Gasteiger partial charge is 0.331 e. The molecule has 0 aromatic heterocycles. The van der Waals surface area contributed by atoms with Crippen molar-refractivity contribution >= 4 is 27.5 Å². The fraction of sp³-hybridized carbons (Fsp3) is 0.333. The van der Waals surface area contributed by atoms with Gasteiger partial charge in [0, 0.05) is 18.4 Å². The van der Waals surface area contributed by atoms with E-state index in [-0.39, 0.29) is 29.0 Å². The predicted octanol–water partition coefficient (Wildman–Crippen LogP) is 2.55. The number of aryl methyl sites for hydroxylation is 1. The van der Waals surface area contributed by atoms with Crippen molar-refractivity contribution in [2.24, 2.45) is 4.40 Å². The number of hydrogen-bond donors (Lipinski definition) is 1. The lowest BCUT2D eigenvalue weighted by atomic mass is 9.98. The van der Waals surface area contributed by atoms with Gasteiger partial charge in [0.2, 0.25) is 0 Å². The molecule has 0 aliphatic carbocycles. The van der Waals surface area contributed by atoms with Crippen molar-refractivity contribution in [3.05, 3.63) is 53.3 Å². The van der Waals surface area contributed by atoms with Crippen LogP contribution in [0.4, 0.5) is 5.69 Å². The Labute approximate surface area is 148 Å². The van der Waals surface area contributed by atoms with Gasteiger partial charge >= 0.3 is 0 Å². The standard InChI is InChI=1S/C18H21N3O3S/c1-12(2)14-7-4-6-13(3)16(14)19-18(22)15-8-5-9-21-10-11-25(23,24)20-17(15)21/h4-9,12H,10-11H2,1-3H3,(H,19,22). The highest BCUT2D eigenvalue weighted by Gasteiger charge is 2.30. The van der Waals surface area contributed by atoms with Crippen molar-refractivity contribution in [3.63, 3.8) is 0 Å². The zero-order valence-corrected chi connectivity index (χ0v) is 15.3. The lowest BCUT2D eigenvalue weighted by molar-refractivity contribution is -0.112. The van der Waals surface area contributed by atoms with Crippen LogP contribution in [0.3, 0.4) is 0 Å². The van der Waals surface area contributed by atoms with E-state index in [1.807, 2.05) is 25.1 Å². The molecule has 6 nitrogen and oxygen atoms in total. The van der Waals surface area contributed by atoms with Gasteiger partial charge in [-0.15, -0.1) is 4.40 Å². The Balaban J connectivity index is 1.96. The van der Waals surface area contributed by atoms with Gasteiger partial charge in [0.05, 0.1) is 11.3 Å². The summed E-state index contributed by atoms with van der Waals surface area (Å²) in [5.41, 5.74) is 3.02. The molecule has 0 fully saturated rings. The summed E-state index contributed by atoms with van der Waals surface area (Å²) in [5, 5.41) is 2.95. The maximum Gasteiger partial charge on any atom is 0.259 e. The Morgan fingerprint density at radius 1 is 1.32 bits per heavy atom. The quantitative estimate of drug-likeness (QED) is 0.899. The highest BCUT2D eigenvalue weighted by molar-refractivity contribution is 7.90. The molecule has 1 N–H and O–H groups in total. The highest BCUT2D eigenvalue weighted by Crippen LogP contribution is 2.28. The van der Waals surface area contributed by atoms with Gasteiger partial charge < -0.3 is 10.2 Å². The predicted molar refractivity (Wildman–Crippen MR) is 99.0 cm³/mol. The average molecular weight is 359 g/mol. The SMILES string of the molecule is Cc1cccc(C(C)C)c1NC(=O)C1=CC=CN2CCS(=O)(=O)N=C12. The number of carbonyl (C=O) groups excluding carboxylic acids is 1. The second-order valence-electron chi connectivity index (χ2n) is 6.46. The van der Waals surface area contributed by atoms with Crippen LogP contribution in [0.5, 0.6) is 0 Å². The van der Waals surface area contributed by atoms with Gasteiger partial charge in [0.15, 0.2) is 5.84 Å². The van der Waals surface area contributed by atoms with Crippen LogP contribution in [0.1, 0.15) is 30.9 Å². The van der Waals surface area contributed by atoms with Crippen molar-refractivity contribution in [1.29, 1.82) is 0 Å². The van der Waals surface area contributed by atoms with Gasteiger partial charge in [-0.2, -0.15) is 0 Å². The van der Waals surface area contributed by atoms with E-state index in [0.717, 1.165) is 16.8 Å². The Morgan fingerprint density at radius 3 is 2.80 bits per heavy atom. The first-order chi connectivity index (χ1) is 11.8. The average Bonchev–Trinajstić information content (AvgIpc) is 2.55. The molecule has 132 valence electrons. The summed E-state index contributed by atoms with van der Waals surface area (Å²) in [7, 11) is -3.53. The maximum absolute atomic E-state index is 12.8. The molecule has 0 unspecified atom stereocenters. The van der Waals surface area contributed by atoms with Crippen LogP contribution >= 0.6 is 0 Å². The molecule has 1 aromatic rings. The fourth-order valence-electron chi connectivity index (χ4n) is 2.92. The summed E-state index contributed by atoms with van der Waals surface area (Å²) < 4.78 is 27.5. The molecule has 1 aromatic carbocycles. The minimum atomic E-state index is -3.53. The van der Waals surface area contributed by atoms with Crippen LogP contribution in [-0.2, 0) is 14.8 Å². The van der Waals surface area contributed by atoms with Crippen molar-refractivity contribution < 1.29 is 13.2 Å². The van der Waals surface area contributed by atoms with Crippen LogP contribution in [0, 0.1) is 6.92 Å². The third-order valence-corrected chi connectivity index (χ3v) is 5.42. The third-order valence-electron chi connectivity index (χ3n) is 4.27. The molecule has 7 heteroatoms. The normalized spacial score (nSPS) is 18.5. The number of sulfonamides is 1. The number of para-hydroxylation sites is 1. The topological polar surface area (TPSA) is 78.8 Å². The summed E-state index contributed by atoms with van der Waals surface area (Å²) in [4.78, 5) is 14.5. The first kappa shape index (κ1) is 17.4. The van der Waals surface area contributed by atoms with E-state index < -0.39 is 10.0 Å². The Morgan fingerprint density at radius 2 is 2.08 bits per heavy atom. The van der Waals surface area contributed by atoms with E-state index in [9.17, 15) is 13.2 Å². The third kappa shape index (κ3) is 3.51. The monoisotopic (exact) mass is 359 g/mol. The molecule has 2 aliphatic rings. The van der Waals surface area contributed by atoms with Gasteiger partial charge in [-0.1, -0.05) is 32.0 Å². The van der Waals surface area contributed by atoms with Crippen molar-refractivity contribution in [3.8, 4) is 0 Å². The Kier molecular flexibility index (Phi) is 4.51. The molecule has 1 amide bonds. The lowest BCUT2D eigenvalue weighted by Crippen LogP contribution is -2.41. The zero-order chi connectivity index (χ0) is 18.2. The first-order valence-electron chi connectivity index (χ1n) is 8.17. The minimum absolute atomic E-state index is 0.0506. The van der Waals surface area contributed by atoms with E-state index in [1.165, 1.54) is 0 Å². The number of amides is 1. The number of carbonyl (C=O) groups is 1. The number of anilines is 1. The van der Waals surface area contributed by atoms with E-state index >= 15 is 0 Å².